The van der Waals surface area contributed by atoms with E-state index in [9.17, 15) is 4.79 Å². The predicted octanol–water partition coefficient (Wildman–Crippen LogP) is 0.533. The minimum atomic E-state index is -1.08. The van der Waals surface area contributed by atoms with E-state index in [0.29, 0.717) is 5.89 Å². The van der Waals surface area contributed by atoms with E-state index < -0.39 is 5.97 Å². The summed E-state index contributed by atoms with van der Waals surface area (Å²) in [5.41, 5.74) is 0.0129. The lowest BCUT2D eigenvalue weighted by molar-refractivity contribution is 0.0696. The largest absolute Gasteiger partial charge is 0.478 e. The maximum Gasteiger partial charge on any atom is 0.338 e. The molecule has 7 heteroatoms. The van der Waals surface area contributed by atoms with Crippen molar-refractivity contribution in [2.75, 3.05) is 0 Å². The summed E-state index contributed by atoms with van der Waals surface area (Å²) in [4.78, 5) is 22.0. The lowest BCUT2D eigenvalue weighted by Gasteiger charge is -1.93. The van der Waals surface area contributed by atoms with E-state index in [2.05, 4.69) is 20.1 Å². The van der Waals surface area contributed by atoms with Gasteiger partial charge in [-0.25, -0.2) is 14.8 Å². The second-order valence-electron chi connectivity index (χ2n) is 2.74. The van der Waals surface area contributed by atoms with Gasteiger partial charge in [-0.15, -0.1) is 0 Å². The summed E-state index contributed by atoms with van der Waals surface area (Å²) in [5.74, 6) is -0.206. The van der Waals surface area contributed by atoms with Gasteiger partial charge in [-0.3, -0.25) is 0 Å². The number of nitrogens with zero attached hydrogens (tertiary/aromatic N) is 4. The van der Waals surface area contributed by atoms with E-state index in [1.807, 2.05) is 0 Å². The van der Waals surface area contributed by atoms with Crippen LogP contribution in [0.15, 0.2) is 16.9 Å². The Kier molecular flexibility index (Phi) is 2.13. The smallest absolute Gasteiger partial charge is 0.338 e. The lowest BCUT2D eigenvalue weighted by atomic mass is 10.3. The average Bonchev–Trinajstić information content (AvgIpc) is 2.65. The lowest BCUT2D eigenvalue weighted by Crippen LogP contribution is -2.00. The molecule has 0 amide bonds. The van der Waals surface area contributed by atoms with Gasteiger partial charge in [0.05, 0.1) is 5.56 Å². The number of aromatic carboxylic acids is 1. The molecule has 15 heavy (non-hydrogen) atoms. The quantitative estimate of drug-likeness (QED) is 0.764. The number of carboxylic acids is 1. The third-order valence-corrected chi connectivity index (χ3v) is 1.63. The summed E-state index contributed by atoms with van der Waals surface area (Å²) in [6.45, 7) is 1.64. The van der Waals surface area contributed by atoms with E-state index in [1.54, 1.807) is 6.92 Å². The van der Waals surface area contributed by atoms with Crippen LogP contribution in [0.5, 0.6) is 0 Å². The molecule has 0 aliphatic heterocycles. The molecule has 0 bridgehead atoms. The van der Waals surface area contributed by atoms with Gasteiger partial charge in [0.2, 0.25) is 17.5 Å². The molecule has 2 aromatic heterocycles. The normalized spacial score (nSPS) is 10.2. The Bertz CT molecular complexity index is 491. The van der Waals surface area contributed by atoms with E-state index in [0.717, 1.165) is 0 Å². The summed E-state index contributed by atoms with van der Waals surface area (Å²) in [5, 5.41) is 12.2. The standard InChI is InChI=1S/C8H6N4O3/c1-4-11-7(12-15-4)6-9-2-5(3-10-6)8(13)14/h2-3H,1H3,(H,13,14). The molecule has 7 nitrogen and oxygen atoms in total. The summed E-state index contributed by atoms with van der Waals surface area (Å²) in [6.07, 6.45) is 2.38. The topological polar surface area (TPSA) is 102 Å². The molecule has 0 fully saturated rings. The first-order chi connectivity index (χ1) is 7.16. The highest BCUT2D eigenvalue weighted by atomic mass is 16.5. The molecule has 0 aliphatic rings. The molecule has 0 unspecified atom stereocenters. The monoisotopic (exact) mass is 206 g/mol. The third kappa shape index (κ3) is 1.80. The molecule has 0 saturated carbocycles. The van der Waals surface area contributed by atoms with Gasteiger partial charge in [-0.2, -0.15) is 4.98 Å². The number of aryl methyl sites for hydroxylation is 1. The van der Waals surface area contributed by atoms with Crippen LogP contribution in [-0.4, -0.2) is 31.2 Å². The highest BCUT2D eigenvalue weighted by Crippen LogP contribution is 2.09. The van der Waals surface area contributed by atoms with Gasteiger partial charge >= 0.3 is 5.97 Å². The van der Waals surface area contributed by atoms with Crippen molar-refractivity contribution in [2.24, 2.45) is 0 Å². The number of hydrogen-bond donors (Lipinski definition) is 1. The highest BCUT2D eigenvalue weighted by Gasteiger charge is 2.10. The van der Waals surface area contributed by atoms with Gasteiger partial charge in [-0.05, 0) is 0 Å². The van der Waals surface area contributed by atoms with Crippen LogP contribution in [0.3, 0.4) is 0 Å². The van der Waals surface area contributed by atoms with Crippen molar-refractivity contribution in [3.63, 3.8) is 0 Å². The van der Waals surface area contributed by atoms with E-state index in [4.69, 9.17) is 9.63 Å². The van der Waals surface area contributed by atoms with Crippen LogP contribution >= 0.6 is 0 Å². The van der Waals surface area contributed by atoms with E-state index in [-0.39, 0.29) is 17.2 Å². The van der Waals surface area contributed by atoms with Gasteiger partial charge in [0.15, 0.2) is 0 Å². The molecule has 0 spiro atoms. The van der Waals surface area contributed by atoms with Gasteiger partial charge in [-0.1, -0.05) is 5.16 Å². The second-order valence-corrected chi connectivity index (χ2v) is 2.74. The molecule has 76 valence electrons. The molecule has 1 N–H and O–H groups in total. The van der Waals surface area contributed by atoms with Crippen LogP contribution < -0.4 is 0 Å². The number of hydrogen-bond acceptors (Lipinski definition) is 6. The van der Waals surface area contributed by atoms with Crippen LogP contribution in [0, 0.1) is 6.92 Å². The molecule has 0 radical (unpaired) electrons. The predicted molar refractivity (Wildman–Crippen MR) is 47.0 cm³/mol. The van der Waals surface area contributed by atoms with Crippen molar-refractivity contribution in [3.8, 4) is 11.6 Å². The number of carbonyl (C=O) groups is 1. The Hall–Kier alpha value is -2.31. The number of rotatable bonds is 2. The molecule has 0 atom stereocenters. The second kappa shape index (κ2) is 3.45. The maximum absolute atomic E-state index is 10.5. The zero-order valence-electron chi connectivity index (χ0n) is 7.71. The number of carboxylic acid groups (broad SMARTS) is 1. The minimum Gasteiger partial charge on any atom is -0.478 e. The van der Waals surface area contributed by atoms with Crippen molar-refractivity contribution in [1.82, 2.24) is 20.1 Å². The van der Waals surface area contributed by atoms with Crippen LogP contribution in [0.1, 0.15) is 16.2 Å². The first-order valence-electron chi connectivity index (χ1n) is 4.03. The van der Waals surface area contributed by atoms with Crippen molar-refractivity contribution in [1.29, 1.82) is 0 Å². The molecule has 0 aliphatic carbocycles. The van der Waals surface area contributed by atoms with E-state index in [1.165, 1.54) is 12.4 Å². The van der Waals surface area contributed by atoms with Crippen LogP contribution in [0.25, 0.3) is 11.6 Å². The Morgan fingerprint density at radius 2 is 2.00 bits per heavy atom. The van der Waals surface area contributed by atoms with Gasteiger partial charge in [0, 0.05) is 19.3 Å². The molecule has 2 heterocycles. The molecular weight excluding hydrogens is 200 g/mol. The molecular formula is C8H6N4O3. The summed E-state index contributed by atoms with van der Waals surface area (Å²) in [6, 6.07) is 0. The molecule has 2 aromatic rings. The Labute approximate surface area is 83.8 Å². The zero-order chi connectivity index (χ0) is 10.8. The third-order valence-electron chi connectivity index (χ3n) is 1.63. The number of aromatic nitrogens is 4. The summed E-state index contributed by atoms with van der Waals surface area (Å²) in [7, 11) is 0. The Morgan fingerprint density at radius 3 is 2.47 bits per heavy atom. The molecule has 2 rings (SSSR count). The zero-order valence-corrected chi connectivity index (χ0v) is 7.71. The van der Waals surface area contributed by atoms with Crippen molar-refractivity contribution < 1.29 is 14.4 Å². The fourth-order valence-corrected chi connectivity index (χ4v) is 0.944. The van der Waals surface area contributed by atoms with Crippen molar-refractivity contribution >= 4 is 5.97 Å². The molecule has 0 aromatic carbocycles. The molecule has 0 saturated heterocycles. The summed E-state index contributed by atoms with van der Waals surface area (Å²) < 4.78 is 4.74. The first-order valence-corrected chi connectivity index (χ1v) is 4.03. The Morgan fingerprint density at radius 1 is 1.33 bits per heavy atom. The van der Waals surface area contributed by atoms with Crippen LogP contribution in [-0.2, 0) is 0 Å². The first kappa shape index (κ1) is 9.25. The minimum absolute atomic E-state index is 0.0129. The fraction of sp³-hybridized carbons (Fsp3) is 0.125. The fourth-order valence-electron chi connectivity index (χ4n) is 0.944. The maximum atomic E-state index is 10.5. The van der Waals surface area contributed by atoms with Crippen LogP contribution in [0.4, 0.5) is 0 Å². The van der Waals surface area contributed by atoms with Crippen LogP contribution in [0.2, 0.25) is 0 Å². The van der Waals surface area contributed by atoms with Gasteiger partial charge in [0.25, 0.3) is 0 Å². The van der Waals surface area contributed by atoms with Crippen molar-refractivity contribution in [2.45, 2.75) is 6.92 Å². The van der Waals surface area contributed by atoms with Gasteiger partial charge < -0.3 is 9.63 Å². The highest BCUT2D eigenvalue weighted by molar-refractivity contribution is 5.86. The van der Waals surface area contributed by atoms with Crippen molar-refractivity contribution in [3.05, 3.63) is 23.8 Å². The Balaban J connectivity index is 2.35. The average molecular weight is 206 g/mol. The van der Waals surface area contributed by atoms with Gasteiger partial charge in [0.1, 0.15) is 0 Å². The summed E-state index contributed by atoms with van der Waals surface area (Å²) >= 11 is 0. The SMILES string of the molecule is Cc1nc(-c2ncc(C(=O)O)cn2)no1. The van der Waals surface area contributed by atoms with E-state index >= 15 is 0 Å².